The van der Waals surface area contributed by atoms with Crippen molar-refractivity contribution in [3.05, 3.63) is 31.6 Å². The zero-order chi connectivity index (χ0) is 9.30. The van der Waals surface area contributed by atoms with Crippen molar-refractivity contribution in [2.75, 3.05) is 0 Å². The van der Waals surface area contributed by atoms with Crippen LogP contribution in [0, 0.1) is 9.39 Å². The number of aromatic carboxylic acids is 1. The van der Waals surface area contributed by atoms with Crippen LogP contribution in [-0.4, -0.2) is 11.1 Å². The lowest BCUT2D eigenvalue weighted by Gasteiger charge is -2.00. The molecule has 1 N–H and O–H groups in total. The van der Waals surface area contributed by atoms with E-state index in [9.17, 15) is 9.18 Å². The van der Waals surface area contributed by atoms with E-state index in [0.29, 0.717) is 8.04 Å². The molecule has 0 saturated heterocycles. The van der Waals surface area contributed by atoms with Crippen molar-refractivity contribution in [1.29, 1.82) is 0 Å². The molecule has 0 aliphatic rings. The van der Waals surface area contributed by atoms with Crippen LogP contribution in [0.2, 0.25) is 0 Å². The van der Waals surface area contributed by atoms with E-state index in [1.807, 2.05) is 0 Å². The Morgan fingerprint density at radius 2 is 2.17 bits per heavy atom. The molecule has 0 aliphatic carbocycles. The van der Waals surface area contributed by atoms with Gasteiger partial charge in [0.05, 0.1) is 0 Å². The SMILES string of the molecule is O=C(O)c1c(F)cc(Br)cc1I. The predicted molar refractivity (Wildman–Crippen MR) is 53.8 cm³/mol. The number of hydrogen-bond acceptors (Lipinski definition) is 1. The highest BCUT2D eigenvalue weighted by Crippen LogP contribution is 2.21. The number of rotatable bonds is 1. The monoisotopic (exact) mass is 344 g/mol. The van der Waals surface area contributed by atoms with Crippen LogP contribution >= 0.6 is 38.5 Å². The quantitative estimate of drug-likeness (QED) is 0.795. The number of carboxylic acid groups (broad SMARTS) is 1. The van der Waals surface area contributed by atoms with Gasteiger partial charge in [-0.15, -0.1) is 0 Å². The molecule has 0 bridgehead atoms. The van der Waals surface area contributed by atoms with Crippen LogP contribution in [0.3, 0.4) is 0 Å². The minimum Gasteiger partial charge on any atom is -0.478 e. The van der Waals surface area contributed by atoms with Crippen LogP contribution in [0.15, 0.2) is 16.6 Å². The van der Waals surface area contributed by atoms with E-state index in [1.165, 1.54) is 0 Å². The second-order valence-electron chi connectivity index (χ2n) is 2.05. The third-order valence-corrected chi connectivity index (χ3v) is 2.53. The van der Waals surface area contributed by atoms with Crippen molar-refractivity contribution < 1.29 is 14.3 Å². The molecule has 0 fully saturated rings. The molecule has 0 amide bonds. The summed E-state index contributed by atoms with van der Waals surface area (Å²) in [6, 6.07) is 2.68. The molecule has 0 radical (unpaired) electrons. The molecular weight excluding hydrogens is 342 g/mol. The molecule has 1 aromatic carbocycles. The lowest BCUT2D eigenvalue weighted by atomic mass is 10.2. The number of hydrogen-bond donors (Lipinski definition) is 1. The van der Waals surface area contributed by atoms with Gasteiger partial charge in [0.25, 0.3) is 0 Å². The van der Waals surface area contributed by atoms with Crippen molar-refractivity contribution >= 4 is 44.5 Å². The summed E-state index contributed by atoms with van der Waals surface area (Å²) in [6.45, 7) is 0. The third-order valence-electron chi connectivity index (χ3n) is 1.22. The maximum absolute atomic E-state index is 12.9. The highest BCUT2D eigenvalue weighted by molar-refractivity contribution is 14.1. The van der Waals surface area contributed by atoms with Gasteiger partial charge in [-0.1, -0.05) is 15.9 Å². The summed E-state index contributed by atoms with van der Waals surface area (Å²) in [7, 11) is 0. The van der Waals surface area contributed by atoms with Gasteiger partial charge in [-0.05, 0) is 34.7 Å². The van der Waals surface area contributed by atoms with Crippen LogP contribution in [-0.2, 0) is 0 Å². The zero-order valence-electron chi connectivity index (χ0n) is 5.64. The molecule has 1 rings (SSSR count). The summed E-state index contributed by atoms with van der Waals surface area (Å²) in [6.07, 6.45) is 0. The molecule has 64 valence electrons. The standard InChI is InChI=1S/C7H3BrFIO2/c8-3-1-4(9)6(7(11)12)5(10)2-3/h1-2H,(H,11,12). The first-order valence-corrected chi connectivity index (χ1v) is 4.77. The van der Waals surface area contributed by atoms with Crippen LogP contribution < -0.4 is 0 Å². The maximum Gasteiger partial charge on any atom is 0.339 e. The fourth-order valence-corrected chi connectivity index (χ4v) is 2.43. The summed E-state index contributed by atoms with van der Waals surface area (Å²) in [5.74, 6) is -1.97. The maximum atomic E-state index is 12.9. The van der Waals surface area contributed by atoms with Gasteiger partial charge in [-0.25, -0.2) is 9.18 Å². The molecule has 0 atom stereocenters. The Hall–Kier alpha value is -0.170. The van der Waals surface area contributed by atoms with Gasteiger partial charge in [0, 0.05) is 8.04 Å². The Labute approximate surface area is 90.0 Å². The van der Waals surface area contributed by atoms with Gasteiger partial charge in [0.1, 0.15) is 11.4 Å². The molecule has 0 spiro atoms. The van der Waals surface area contributed by atoms with Crippen molar-refractivity contribution in [1.82, 2.24) is 0 Å². The van der Waals surface area contributed by atoms with Gasteiger partial charge in [-0.3, -0.25) is 0 Å². The molecular formula is C7H3BrFIO2. The normalized spacial score (nSPS) is 9.92. The molecule has 5 heteroatoms. The number of carboxylic acids is 1. The van der Waals surface area contributed by atoms with Gasteiger partial charge in [0.2, 0.25) is 0 Å². The largest absolute Gasteiger partial charge is 0.478 e. The Morgan fingerprint density at radius 1 is 1.58 bits per heavy atom. The molecule has 1 aromatic rings. The van der Waals surface area contributed by atoms with E-state index in [-0.39, 0.29) is 5.56 Å². The summed E-state index contributed by atoms with van der Waals surface area (Å²) < 4.78 is 13.9. The lowest BCUT2D eigenvalue weighted by Crippen LogP contribution is -2.03. The Morgan fingerprint density at radius 3 is 2.58 bits per heavy atom. The van der Waals surface area contributed by atoms with Gasteiger partial charge in [0.15, 0.2) is 0 Å². The van der Waals surface area contributed by atoms with Crippen LogP contribution in [0.4, 0.5) is 4.39 Å². The van der Waals surface area contributed by atoms with E-state index in [4.69, 9.17) is 5.11 Å². The fraction of sp³-hybridized carbons (Fsp3) is 0. The highest BCUT2D eigenvalue weighted by atomic mass is 127. The van der Waals surface area contributed by atoms with E-state index in [2.05, 4.69) is 15.9 Å². The molecule has 0 unspecified atom stereocenters. The van der Waals surface area contributed by atoms with Crippen molar-refractivity contribution in [3.63, 3.8) is 0 Å². The smallest absolute Gasteiger partial charge is 0.339 e. The number of benzene rings is 1. The van der Waals surface area contributed by atoms with Crippen LogP contribution in [0.5, 0.6) is 0 Å². The second-order valence-corrected chi connectivity index (χ2v) is 4.13. The van der Waals surface area contributed by atoms with Crippen LogP contribution in [0.1, 0.15) is 10.4 Å². The van der Waals surface area contributed by atoms with E-state index in [1.54, 1.807) is 28.7 Å². The number of carbonyl (C=O) groups is 1. The topological polar surface area (TPSA) is 37.3 Å². The van der Waals surface area contributed by atoms with Crippen molar-refractivity contribution in [3.8, 4) is 0 Å². The summed E-state index contributed by atoms with van der Waals surface area (Å²) in [4.78, 5) is 10.5. The summed E-state index contributed by atoms with van der Waals surface area (Å²) >= 11 is 4.83. The minimum atomic E-state index is -1.25. The number of halogens is 3. The van der Waals surface area contributed by atoms with Crippen molar-refractivity contribution in [2.24, 2.45) is 0 Å². The summed E-state index contributed by atoms with van der Waals surface area (Å²) in [5, 5.41) is 8.58. The minimum absolute atomic E-state index is 0.279. The van der Waals surface area contributed by atoms with Gasteiger partial charge >= 0.3 is 5.97 Å². The fourth-order valence-electron chi connectivity index (χ4n) is 0.747. The molecule has 0 aliphatic heterocycles. The highest BCUT2D eigenvalue weighted by Gasteiger charge is 2.14. The van der Waals surface area contributed by atoms with Gasteiger partial charge < -0.3 is 5.11 Å². The zero-order valence-corrected chi connectivity index (χ0v) is 9.39. The van der Waals surface area contributed by atoms with Gasteiger partial charge in [-0.2, -0.15) is 0 Å². The van der Waals surface area contributed by atoms with Crippen molar-refractivity contribution in [2.45, 2.75) is 0 Å². The molecule has 0 aromatic heterocycles. The Balaban J connectivity index is 3.38. The van der Waals surface area contributed by atoms with Crippen LogP contribution in [0.25, 0.3) is 0 Å². The first-order valence-electron chi connectivity index (χ1n) is 2.90. The Kier molecular flexibility index (Phi) is 3.05. The molecule has 2 nitrogen and oxygen atoms in total. The summed E-state index contributed by atoms with van der Waals surface area (Å²) in [5.41, 5.74) is -0.279. The predicted octanol–water partition coefficient (Wildman–Crippen LogP) is 2.89. The molecule has 0 saturated carbocycles. The van der Waals surface area contributed by atoms with E-state index in [0.717, 1.165) is 6.07 Å². The third kappa shape index (κ3) is 1.95. The van der Waals surface area contributed by atoms with E-state index >= 15 is 0 Å². The first-order chi connectivity index (χ1) is 5.52. The lowest BCUT2D eigenvalue weighted by molar-refractivity contribution is 0.0690. The first kappa shape index (κ1) is 9.91. The van der Waals surface area contributed by atoms with E-state index < -0.39 is 11.8 Å². The Bertz CT molecular complexity index is 317. The molecule has 12 heavy (non-hydrogen) atoms. The molecule has 0 heterocycles. The average molecular weight is 345 g/mol. The second kappa shape index (κ2) is 3.69. The average Bonchev–Trinajstić information content (AvgIpc) is 1.82.